The lowest BCUT2D eigenvalue weighted by molar-refractivity contribution is -0.137. The first-order chi connectivity index (χ1) is 18.9. The van der Waals surface area contributed by atoms with Gasteiger partial charge in [0.25, 0.3) is 5.91 Å². The first kappa shape index (κ1) is 29.4. The second-order valence-corrected chi connectivity index (χ2v) is 10.5. The van der Waals surface area contributed by atoms with Crippen molar-refractivity contribution in [3.63, 3.8) is 0 Å². The van der Waals surface area contributed by atoms with E-state index in [-0.39, 0.29) is 34.1 Å². The molecule has 1 heterocycles. The predicted octanol–water partition coefficient (Wildman–Crippen LogP) is 6.87. The molecule has 0 aliphatic rings. The highest BCUT2D eigenvalue weighted by molar-refractivity contribution is 7.99. The zero-order valence-corrected chi connectivity index (χ0v) is 23.5. The highest BCUT2D eigenvalue weighted by atomic mass is 35.5. The summed E-state index contributed by atoms with van der Waals surface area (Å²) >= 11 is 13.2. The topological polar surface area (TPSA) is 88.9 Å². The molecule has 208 valence electrons. The smallest absolute Gasteiger partial charge is 0.345 e. The van der Waals surface area contributed by atoms with E-state index in [9.17, 15) is 22.8 Å². The number of nitrogens with one attached hydrogen (secondary N) is 2. The van der Waals surface area contributed by atoms with Crippen LogP contribution in [0.3, 0.4) is 0 Å². The average molecular weight is 608 g/mol. The van der Waals surface area contributed by atoms with Gasteiger partial charge in [-0.1, -0.05) is 53.2 Å². The summed E-state index contributed by atoms with van der Waals surface area (Å²) in [7, 11) is 0. The largest absolute Gasteiger partial charge is 0.418 e. The van der Waals surface area contributed by atoms with Crippen molar-refractivity contribution >= 4 is 52.5 Å². The zero-order valence-electron chi connectivity index (χ0n) is 21.1. The van der Waals surface area contributed by atoms with Gasteiger partial charge in [-0.2, -0.15) is 13.2 Å². The molecule has 4 rings (SSSR count). The van der Waals surface area contributed by atoms with Gasteiger partial charge in [-0.05, 0) is 67.4 Å². The number of amides is 2. The molecule has 0 aliphatic carbocycles. The van der Waals surface area contributed by atoms with Crippen molar-refractivity contribution in [2.24, 2.45) is 0 Å². The van der Waals surface area contributed by atoms with E-state index in [0.29, 0.717) is 22.1 Å². The van der Waals surface area contributed by atoms with E-state index in [1.54, 1.807) is 34.9 Å². The number of hydrogen-bond donors (Lipinski definition) is 2. The van der Waals surface area contributed by atoms with Crippen LogP contribution in [0.5, 0.6) is 0 Å². The Bertz CT molecular complexity index is 1580. The molecule has 0 saturated carbocycles. The molecule has 40 heavy (non-hydrogen) atoms. The van der Waals surface area contributed by atoms with Crippen LogP contribution in [-0.4, -0.2) is 32.3 Å². The summed E-state index contributed by atoms with van der Waals surface area (Å²) in [5.74, 6) is -0.916. The highest BCUT2D eigenvalue weighted by Gasteiger charge is 2.33. The Hall–Kier alpha value is -3.54. The Kier molecular flexibility index (Phi) is 9.07. The van der Waals surface area contributed by atoms with Crippen LogP contribution in [0.1, 0.15) is 32.9 Å². The lowest BCUT2D eigenvalue weighted by atomic mass is 10.1. The molecule has 0 fully saturated rings. The number of thioether (sulfide) groups is 1. The highest BCUT2D eigenvalue weighted by Crippen LogP contribution is 2.35. The SMILES string of the molecule is Cc1ccc(C(=O)NCc2nnc(SCC(=O)Nc3ccccc3C(F)(F)F)n2-c2ccc(Cl)c(Cl)c2)cc1C. The number of carbonyl (C=O) groups excluding carboxylic acids is 2. The summed E-state index contributed by atoms with van der Waals surface area (Å²) in [6, 6.07) is 14.9. The number of aromatic nitrogens is 3. The summed E-state index contributed by atoms with van der Waals surface area (Å²) < 4.78 is 41.5. The molecule has 3 aromatic carbocycles. The van der Waals surface area contributed by atoms with Crippen LogP contribution in [0.25, 0.3) is 5.69 Å². The van der Waals surface area contributed by atoms with Crippen molar-refractivity contribution in [1.82, 2.24) is 20.1 Å². The van der Waals surface area contributed by atoms with E-state index in [1.807, 2.05) is 19.9 Å². The molecule has 1 aromatic heterocycles. The Labute approximate surface area is 242 Å². The molecule has 0 saturated heterocycles. The number of rotatable bonds is 8. The first-order valence-corrected chi connectivity index (χ1v) is 13.5. The number of aryl methyl sites for hydroxylation is 2. The van der Waals surface area contributed by atoms with Gasteiger partial charge in [0.15, 0.2) is 11.0 Å². The molecule has 7 nitrogen and oxygen atoms in total. The Balaban J connectivity index is 1.54. The summed E-state index contributed by atoms with van der Waals surface area (Å²) in [5, 5.41) is 14.3. The lowest BCUT2D eigenvalue weighted by Gasteiger charge is -2.14. The number of carbonyl (C=O) groups is 2. The summed E-state index contributed by atoms with van der Waals surface area (Å²) in [4.78, 5) is 25.4. The van der Waals surface area contributed by atoms with E-state index in [4.69, 9.17) is 23.2 Å². The minimum Gasteiger partial charge on any atom is -0.345 e. The van der Waals surface area contributed by atoms with Crippen LogP contribution in [-0.2, 0) is 17.5 Å². The molecule has 4 aromatic rings. The molecule has 0 aliphatic heterocycles. The van der Waals surface area contributed by atoms with E-state index in [2.05, 4.69) is 20.8 Å². The minimum atomic E-state index is -4.62. The van der Waals surface area contributed by atoms with E-state index >= 15 is 0 Å². The van der Waals surface area contributed by atoms with Crippen molar-refractivity contribution < 1.29 is 22.8 Å². The monoisotopic (exact) mass is 607 g/mol. The maximum Gasteiger partial charge on any atom is 0.418 e. The molecule has 0 spiro atoms. The van der Waals surface area contributed by atoms with E-state index in [0.717, 1.165) is 29.0 Å². The maximum absolute atomic E-state index is 13.3. The van der Waals surface area contributed by atoms with Crippen molar-refractivity contribution in [1.29, 1.82) is 0 Å². The van der Waals surface area contributed by atoms with Gasteiger partial charge in [-0.3, -0.25) is 14.2 Å². The van der Waals surface area contributed by atoms with Gasteiger partial charge in [0.05, 0.1) is 39.3 Å². The first-order valence-electron chi connectivity index (χ1n) is 11.8. The van der Waals surface area contributed by atoms with E-state index in [1.165, 1.54) is 18.2 Å². The molecule has 0 atom stereocenters. The van der Waals surface area contributed by atoms with Gasteiger partial charge in [0, 0.05) is 5.56 Å². The van der Waals surface area contributed by atoms with Crippen molar-refractivity contribution in [3.8, 4) is 5.69 Å². The summed E-state index contributed by atoms with van der Waals surface area (Å²) in [6.45, 7) is 3.85. The molecule has 2 amide bonds. The average Bonchev–Trinajstić information content (AvgIpc) is 3.31. The third-order valence-electron chi connectivity index (χ3n) is 5.88. The number of anilines is 1. The number of alkyl halides is 3. The number of hydrogen-bond acceptors (Lipinski definition) is 5. The van der Waals surface area contributed by atoms with Crippen LogP contribution in [0, 0.1) is 13.8 Å². The quantitative estimate of drug-likeness (QED) is 0.213. The van der Waals surface area contributed by atoms with Gasteiger partial charge in [0.2, 0.25) is 5.91 Å². The van der Waals surface area contributed by atoms with Crippen LogP contribution in [0.4, 0.5) is 18.9 Å². The maximum atomic E-state index is 13.3. The molecular weight excluding hydrogens is 586 g/mol. The summed E-state index contributed by atoms with van der Waals surface area (Å²) in [6.07, 6.45) is -4.62. The second kappa shape index (κ2) is 12.3. The fourth-order valence-electron chi connectivity index (χ4n) is 3.69. The van der Waals surface area contributed by atoms with Gasteiger partial charge in [-0.25, -0.2) is 0 Å². The molecule has 0 radical (unpaired) electrons. The molecule has 0 bridgehead atoms. The molecule has 0 unspecified atom stereocenters. The van der Waals surface area contributed by atoms with Gasteiger partial charge < -0.3 is 10.6 Å². The normalized spacial score (nSPS) is 11.4. The fourth-order valence-corrected chi connectivity index (χ4v) is 4.75. The third kappa shape index (κ3) is 6.96. The third-order valence-corrected chi connectivity index (χ3v) is 7.54. The van der Waals surface area contributed by atoms with Crippen molar-refractivity contribution in [2.75, 3.05) is 11.1 Å². The van der Waals surface area contributed by atoms with Crippen LogP contribution < -0.4 is 10.6 Å². The zero-order chi connectivity index (χ0) is 29.0. The van der Waals surface area contributed by atoms with Crippen LogP contribution in [0.2, 0.25) is 10.0 Å². The molecule has 13 heteroatoms. The van der Waals surface area contributed by atoms with Crippen molar-refractivity contribution in [2.45, 2.75) is 31.7 Å². The van der Waals surface area contributed by atoms with E-state index < -0.39 is 17.6 Å². The summed E-state index contributed by atoms with van der Waals surface area (Å²) in [5.41, 5.74) is 1.73. The number of benzene rings is 3. The second-order valence-electron chi connectivity index (χ2n) is 8.69. The van der Waals surface area contributed by atoms with Crippen molar-refractivity contribution in [3.05, 3.63) is 98.8 Å². The molecular formula is C27H22Cl2F3N5O2S. The number of para-hydroxylation sites is 1. The Morgan fingerprint density at radius 3 is 2.40 bits per heavy atom. The number of halogens is 5. The van der Waals surface area contributed by atoms with Gasteiger partial charge >= 0.3 is 6.18 Å². The number of nitrogens with zero attached hydrogens (tertiary/aromatic N) is 3. The van der Waals surface area contributed by atoms with Crippen LogP contribution in [0.15, 0.2) is 65.8 Å². The molecule has 2 N–H and O–H groups in total. The van der Waals surface area contributed by atoms with Crippen LogP contribution >= 0.6 is 35.0 Å². The van der Waals surface area contributed by atoms with Gasteiger partial charge in [0.1, 0.15) is 0 Å². The lowest BCUT2D eigenvalue weighted by Crippen LogP contribution is -2.25. The standard InChI is InChI=1S/C27H22Cl2F3N5O2S/c1-15-7-8-17(11-16(15)2)25(39)33-13-23-35-36-26(37(23)18-9-10-20(28)21(29)12-18)40-14-24(38)34-22-6-4-3-5-19(22)27(30,31)32/h3-12H,13-14H2,1-2H3,(H,33,39)(H,34,38). The Morgan fingerprint density at radius 2 is 1.70 bits per heavy atom. The Morgan fingerprint density at radius 1 is 0.950 bits per heavy atom. The fraction of sp³-hybridized carbons (Fsp3) is 0.185. The minimum absolute atomic E-state index is 0.00921. The predicted molar refractivity (Wildman–Crippen MR) is 149 cm³/mol. The van der Waals surface area contributed by atoms with Gasteiger partial charge in [-0.15, -0.1) is 10.2 Å².